The molecule has 0 aliphatic rings. The van der Waals surface area contributed by atoms with Crippen molar-refractivity contribution in [2.75, 3.05) is 0 Å². The van der Waals surface area contributed by atoms with Gasteiger partial charge in [-0.25, -0.2) is 14.2 Å². The number of rotatable bonds is 5. The Kier molecular flexibility index (Phi) is 4.54. The molecule has 1 amide bonds. The smallest absolute Gasteiger partial charge is 0.326 e. The van der Waals surface area contributed by atoms with E-state index < -0.39 is 23.7 Å². The van der Waals surface area contributed by atoms with Crippen LogP contribution in [0.25, 0.3) is 0 Å². The zero-order chi connectivity index (χ0) is 15.4. The summed E-state index contributed by atoms with van der Waals surface area (Å²) in [5, 5.41) is 11.2. The molecule has 0 aliphatic carbocycles. The molecular weight excluding hydrogens is 301 g/mol. The van der Waals surface area contributed by atoms with E-state index in [-0.39, 0.29) is 17.0 Å². The molecule has 1 aromatic carbocycles. The minimum atomic E-state index is -1.24. The van der Waals surface area contributed by atoms with Crippen molar-refractivity contribution in [2.45, 2.75) is 12.5 Å². The first-order valence-electron chi connectivity index (χ1n) is 5.94. The van der Waals surface area contributed by atoms with E-state index in [4.69, 9.17) is 16.7 Å². The molecule has 3 N–H and O–H groups in total. The molecular formula is C13H11ClFN3O3. The lowest BCUT2D eigenvalue weighted by atomic mass is 10.1. The molecule has 0 fully saturated rings. The number of benzene rings is 1. The van der Waals surface area contributed by atoms with Crippen LogP contribution in [0.3, 0.4) is 0 Å². The van der Waals surface area contributed by atoms with Crippen LogP contribution in [-0.2, 0) is 11.2 Å². The van der Waals surface area contributed by atoms with Crippen LogP contribution < -0.4 is 5.32 Å². The van der Waals surface area contributed by atoms with Gasteiger partial charge < -0.3 is 15.4 Å². The van der Waals surface area contributed by atoms with E-state index in [9.17, 15) is 14.0 Å². The first-order valence-corrected chi connectivity index (χ1v) is 6.31. The predicted molar refractivity (Wildman–Crippen MR) is 72.6 cm³/mol. The standard InChI is InChI=1S/C13H11ClFN3O3/c14-9-3-1-2-8(11(9)15)12(19)18-10(13(20)21)4-7-5-16-6-17-7/h1-3,5-6,10H,4H2,(H,16,17)(H,18,19)(H,20,21)/t10-/m1/s1. The van der Waals surface area contributed by atoms with Gasteiger partial charge in [-0.15, -0.1) is 0 Å². The van der Waals surface area contributed by atoms with Crippen LogP contribution in [0.1, 0.15) is 16.1 Å². The molecule has 6 nitrogen and oxygen atoms in total. The van der Waals surface area contributed by atoms with Gasteiger partial charge in [-0.1, -0.05) is 17.7 Å². The van der Waals surface area contributed by atoms with Crippen LogP contribution in [0.2, 0.25) is 5.02 Å². The van der Waals surface area contributed by atoms with E-state index in [2.05, 4.69) is 15.3 Å². The maximum atomic E-state index is 13.7. The molecule has 0 spiro atoms. The molecule has 0 saturated carbocycles. The SMILES string of the molecule is O=C(N[C@H](Cc1cnc[nH]1)C(=O)O)c1cccc(Cl)c1F. The third kappa shape index (κ3) is 3.57. The van der Waals surface area contributed by atoms with E-state index in [1.165, 1.54) is 30.7 Å². The van der Waals surface area contributed by atoms with E-state index in [1.54, 1.807) is 0 Å². The summed E-state index contributed by atoms with van der Waals surface area (Å²) in [5.74, 6) is -2.97. The van der Waals surface area contributed by atoms with Crippen molar-refractivity contribution in [2.24, 2.45) is 0 Å². The molecule has 110 valence electrons. The molecule has 2 rings (SSSR count). The summed E-state index contributed by atoms with van der Waals surface area (Å²) >= 11 is 5.59. The van der Waals surface area contributed by atoms with E-state index >= 15 is 0 Å². The van der Waals surface area contributed by atoms with Crippen molar-refractivity contribution >= 4 is 23.5 Å². The second-order valence-electron chi connectivity index (χ2n) is 4.25. The molecule has 1 atom stereocenters. The number of carboxylic acids is 1. The number of nitrogens with zero attached hydrogens (tertiary/aromatic N) is 1. The Bertz CT molecular complexity index is 661. The van der Waals surface area contributed by atoms with Gasteiger partial charge in [0.2, 0.25) is 0 Å². The zero-order valence-corrected chi connectivity index (χ0v) is 11.4. The third-order valence-electron chi connectivity index (χ3n) is 2.78. The number of nitrogens with one attached hydrogen (secondary N) is 2. The van der Waals surface area contributed by atoms with E-state index in [1.807, 2.05) is 0 Å². The summed E-state index contributed by atoms with van der Waals surface area (Å²) in [6.07, 6.45) is 2.85. The van der Waals surface area contributed by atoms with Gasteiger partial charge in [-0.3, -0.25) is 4.79 Å². The lowest BCUT2D eigenvalue weighted by Gasteiger charge is -2.14. The predicted octanol–water partition coefficient (Wildman–Crippen LogP) is 1.63. The van der Waals surface area contributed by atoms with Gasteiger partial charge in [-0.2, -0.15) is 0 Å². The molecule has 1 heterocycles. The number of aliphatic carboxylic acids is 1. The molecule has 8 heteroatoms. The summed E-state index contributed by atoms with van der Waals surface area (Å²) in [7, 11) is 0. The lowest BCUT2D eigenvalue weighted by molar-refractivity contribution is -0.139. The first kappa shape index (κ1) is 15.0. The molecule has 0 saturated heterocycles. The summed E-state index contributed by atoms with van der Waals surface area (Å²) in [4.78, 5) is 29.6. The maximum Gasteiger partial charge on any atom is 0.326 e. The number of carbonyl (C=O) groups is 2. The minimum Gasteiger partial charge on any atom is -0.480 e. The molecule has 0 radical (unpaired) electrons. The molecule has 21 heavy (non-hydrogen) atoms. The van der Waals surface area contributed by atoms with Gasteiger partial charge in [0.05, 0.1) is 16.9 Å². The van der Waals surface area contributed by atoms with Crippen molar-refractivity contribution in [3.05, 3.63) is 52.8 Å². The number of hydrogen-bond donors (Lipinski definition) is 3. The van der Waals surface area contributed by atoms with Gasteiger partial charge in [0.15, 0.2) is 5.82 Å². The van der Waals surface area contributed by atoms with Crippen molar-refractivity contribution < 1.29 is 19.1 Å². The fraction of sp³-hybridized carbons (Fsp3) is 0.154. The number of carbonyl (C=O) groups excluding carboxylic acids is 1. The number of hydrogen-bond acceptors (Lipinski definition) is 3. The summed E-state index contributed by atoms with van der Waals surface area (Å²) in [6, 6.07) is 2.72. The number of imidazole rings is 1. The Labute approximate surface area is 124 Å². The molecule has 1 aromatic heterocycles. The average Bonchev–Trinajstić information content (AvgIpc) is 2.93. The van der Waals surface area contributed by atoms with Gasteiger partial charge in [-0.05, 0) is 12.1 Å². The Morgan fingerprint density at radius 2 is 2.24 bits per heavy atom. The highest BCUT2D eigenvalue weighted by molar-refractivity contribution is 6.31. The lowest BCUT2D eigenvalue weighted by Crippen LogP contribution is -2.42. The number of halogens is 2. The van der Waals surface area contributed by atoms with Crippen molar-refractivity contribution in [3.63, 3.8) is 0 Å². The fourth-order valence-corrected chi connectivity index (χ4v) is 1.91. The number of carboxylic acid groups (broad SMARTS) is 1. The molecule has 2 aromatic rings. The van der Waals surface area contributed by atoms with Crippen molar-refractivity contribution in [1.29, 1.82) is 0 Å². The Balaban J connectivity index is 2.15. The van der Waals surface area contributed by atoms with Gasteiger partial charge in [0.1, 0.15) is 6.04 Å². The van der Waals surface area contributed by atoms with Crippen molar-refractivity contribution in [1.82, 2.24) is 15.3 Å². The average molecular weight is 312 g/mol. The Morgan fingerprint density at radius 1 is 1.48 bits per heavy atom. The normalized spacial score (nSPS) is 11.9. The molecule has 0 unspecified atom stereocenters. The number of H-pyrrole nitrogens is 1. The van der Waals surface area contributed by atoms with Crippen LogP contribution in [0.4, 0.5) is 4.39 Å². The summed E-state index contributed by atoms with van der Waals surface area (Å²) < 4.78 is 13.7. The third-order valence-corrected chi connectivity index (χ3v) is 3.07. The quantitative estimate of drug-likeness (QED) is 0.782. The highest BCUT2D eigenvalue weighted by Crippen LogP contribution is 2.17. The second-order valence-corrected chi connectivity index (χ2v) is 4.65. The first-order chi connectivity index (χ1) is 9.99. The summed E-state index contributed by atoms with van der Waals surface area (Å²) in [5.41, 5.74) is 0.229. The van der Waals surface area contributed by atoms with Crippen LogP contribution in [0, 0.1) is 5.82 Å². The topological polar surface area (TPSA) is 95.1 Å². The second kappa shape index (κ2) is 6.36. The van der Waals surface area contributed by atoms with E-state index in [0.717, 1.165) is 0 Å². The molecule has 0 bridgehead atoms. The highest BCUT2D eigenvalue weighted by Gasteiger charge is 2.23. The molecule has 0 aliphatic heterocycles. The largest absolute Gasteiger partial charge is 0.480 e. The zero-order valence-electron chi connectivity index (χ0n) is 10.6. The van der Waals surface area contributed by atoms with E-state index in [0.29, 0.717) is 5.69 Å². The maximum absolute atomic E-state index is 13.7. The minimum absolute atomic E-state index is 0.00323. The number of amides is 1. The van der Waals surface area contributed by atoms with Crippen molar-refractivity contribution in [3.8, 4) is 0 Å². The van der Waals surface area contributed by atoms with Crippen LogP contribution in [0.5, 0.6) is 0 Å². The number of aromatic nitrogens is 2. The van der Waals surface area contributed by atoms with Crippen LogP contribution in [-0.4, -0.2) is 33.0 Å². The fourth-order valence-electron chi connectivity index (χ4n) is 1.73. The number of aromatic amines is 1. The Morgan fingerprint density at radius 3 is 2.86 bits per heavy atom. The highest BCUT2D eigenvalue weighted by atomic mass is 35.5. The Hall–Kier alpha value is -2.41. The van der Waals surface area contributed by atoms with Crippen LogP contribution in [0.15, 0.2) is 30.7 Å². The van der Waals surface area contributed by atoms with Crippen LogP contribution >= 0.6 is 11.6 Å². The van der Waals surface area contributed by atoms with Gasteiger partial charge in [0.25, 0.3) is 5.91 Å². The van der Waals surface area contributed by atoms with Gasteiger partial charge >= 0.3 is 5.97 Å². The monoisotopic (exact) mass is 311 g/mol. The van der Waals surface area contributed by atoms with Gasteiger partial charge in [0, 0.05) is 18.3 Å². The summed E-state index contributed by atoms with van der Waals surface area (Å²) in [6.45, 7) is 0.